The molecule has 0 unspecified atom stereocenters. The lowest BCUT2D eigenvalue weighted by Crippen LogP contribution is -2.39. The largest absolute Gasteiger partial charge is 0.493 e. The zero-order valence-electron chi connectivity index (χ0n) is 24.2. The smallest absolute Gasteiger partial charge is 0.338 e. The maximum Gasteiger partial charge on any atom is 0.338 e. The molecule has 0 saturated heterocycles. The molecule has 0 bridgehead atoms. The standard InChI is InChI=1S/C34H26BrIN2O5S2/c1-3-42-33(40)28-29(22-8-5-4-6-9-22)37-34-38(30(28)26-10-7-15-44-26)32(39)27(45-34)18-21-16-24(36)31(25(17-21)41-2)43-19-20-11-13-23(35)14-12-20/h4-18,30H,3,19H2,1-2H3/b27-18-/t30-/m1/s1. The Hall–Kier alpha value is -3.52. The molecule has 1 aliphatic rings. The Kier molecular flexibility index (Phi) is 9.69. The van der Waals surface area contributed by atoms with Crippen LogP contribution in [0.2, 0.25) is 0 Å². The van der Waals surface area contributed by atoms with Crippen molar-refractivity contribution in [1.29, 1.82) is 0 Å². The molecule has 0 radical (unpaired) electrons. The van der Waals surface area contributed by atoms with E-state index in [2.05, 4.69) is 38.5 Å². The van der Waals surface area contributed by atoms with Crippen LogP contribution in [0, 0.1) is 3.57 Å². The van der Waals surface area contributed by atoms with Crippen LogP contribution in [0.15, 0.2) is 104 Å². The molecule has 0 spiro atoms. The molecule has 0 aliphatic carbocycles. The number of halogens is 2. The lowest BCUT2D eigenvalue weighted by Gasteiger charge is -2.24. The van der Waals surface area contributed by atoms with Crippen LogP contribution >= 0.6 is 61.2 Å². The molecule has 6 rings (SSSR count). The number of methoxy groups -OCH3 is 1. The highest BCUT2D eigenvalue weighted by Gasteiger charge is 2.35. The molecule has 11 heteroatoms. The SMILES string of the molecule is CCOC(=O)C1=C(c2ccccc2)N=c2s/c(=C\c3cc(I)c(OCc4ccc(Br)cc4)c(OC)c3)c(=O)n2[C@@H]1c1cccs1. The highest BCUT2D eigenvalue weighted by Crippen LogP contribution is 2.37. The molecule has 5 aromatic rings. The number of ether oxygens (including phenoxy) is 3. The zero-order chi connectivity index (χ0) is 31.5. The summed E-state index contributed by atoms with van der Waals surface area (Å²) in [5.74, 6) is 0.695. The number of carbonyl (C=O) groups excluding carboxylic acids is 1. The molecule has 0 N–H and O–H groups in total. The first-order valence-corrected chi connectivity index (χ1v) is 17.5. The van der Waals surface area contributed by atoms with E-state index in [0.717, 1.165) is 29.6 Å². The third-order valence-electron chi connectivity index (χ3n) is 7.03. The Bertz CT molecular complexity index is 2070. The fraction of sp³-hybridized carbons (Fsp3) is 0.147. The molecule has 3 heterocycles. The van der Waals surface area contributed by atoms with Gasteiger partial charge in [-0.25, -0.2) is 9.79 Å². The number of nitrogens with zero attached hydrogens (tertiary/aromatic N) is 2. The maximum atomic E-state index is 14.1. The van der Waals surface area contributed by atoms with E-state index in [4.69, 9.17) is 19.2 Å². The molecule has 228 valence electrons. The van der Waals surface area contributed by atoms with E-state index in [9.17, 15) is 9.59 Å². The Balaban J connectivity index is 1.46. The number of fused-ring (bicyclic) bond motifs is 1. The second kappa shape index (κ2) is 13.9. The van der Waals surface area contributed by atoms with Gasteiger partial charge in [0.25, 0.3) is 5.56 Å². The number of hydrogen-bond donors (Lipinski definition) is 0. The van der Waals surface area contributed by atoms with Crippen molar-refractivity contribution < 1.29 is 19.0 Å². The van der Waals surface area contributed by atoms with Gasteiger partial charge in [-0.15, -0.1) is 11.3 Å². The van der Waals surface area contributed by atoms with Crippen molar-refractivity contribution in [2.45, 2.75) is 19.6 Å². The van der Waals surface area contributed by atoms with Crippen LogP contribution in [-0.4, -0.2) is 24.3 Å². The predicted molar refractivity (Wildman–Crippen MR) is 190 cm³/mol. The minimum atomic E-state index is -0.679. The first-order valence-electron chi connectivity index (χ1n) is 13.9. The lowest BCUT2D eigenvalue weighted by atomic mass is 9.97. The molecule has 7 nitrogen and oxygen atoms in total. The van der Waals surface area contributed by atoms with Crippen molar-refractivity contribution in [3.63, 3.8) is 0 Å². The minimum Gasteiger partial charge on any atom is -0.493 e. The predicted octanol–water partition coefficient (Wildman–Crippen LogP) is 6.95. The minimum absolute atomic E-state index is 0.204. The summed E-state index contributed by atoms with van der Waals surface area (Å²) in [5.41, 5.74) is 3.18. The van der Waals surface area contributed by atoms with E-state index < -0.39 is 12.0 Å². The topological polar surface area (TPSA) is 79.1 Å². The van der Waals surface area contributed by atoms with Crippen molar-refractivity contribution >= 4 is 78.9 Å². The Morgan fingerprint density at radius 2 is 1.87 bits per heavy atom. The van der Waals surface area contributed by atoms with Gasteiger partial charge >= 0.3 is 5.97 Å². The van der Waals surface area contributed by atoms with Crippen LogP contribution in [-0.2, 0) is 16.1 Å². The second-order valence-corrected chi connectivity index (χ2v) is 14.0. The number of hydrogen-bond acceptors (Lipinski definition) is 8. The van der Waals surface area contributed by atoms with Gasteiger partial charge in [-0.05, 0) is 82.4 Å². The molecule has 0 amide bonds. The van der Waals surface area contributed by atoms with Gasteiger partial charge < -0.3 is 14.2 Å². The third kappa shape index (κ3) is 6.57. The molecule has 1 atom stereocenters. The van der Waals surface area contributed by atoms with Gasteiger partial charge in [0, 0.05) is 14.9 Å². The number of aromatic nitrogens is 1. The van der Waals surface area contributed by atoms with Crippen molar-refractivity contribution in [1.82, 2.24) is 4.57 Å². The van der Waals surface area contributed by atoms with E-state index in [1.807, 2.05) is 90.3 Å². The molecule has 0 saturated carbocycles. The summed E-state index contributed by atoms with van der Waals surface area (Å²) in [6.07, 6.45) is 1.83. The van der Waals surface area contributed by atoms with Gasteiger partial charge in [0.2, 0.25) is 0 Å². The Morgan fingerprint density at radius 3 is 2.56 bits per heavy atom. The van der Waals surface area contributed by atoms with E-state index in [0.29, 0.717) is 38.7 Å². The fourth-order valence-electron chi connectivity index (χ4n) is 5.01. The molecule has 45 heavy (non-hydrogen) atoms. The van der Waals surface area contributed by atoms with Crippen molar-refractivity contribution in [2.75, 3.05) is 13.7 Å². The van der Waals surface area contributed by atoms with Crippen LogP contribution in [0.3, 0.4) is 0 Å². The van der Waals surface area contributed by atoms with Crippen LogP contribution < -0.4 is 24.4 Å². The number of thiophene rings is 1. The van der Waals surface area contributed by atoms with Crippen molar-refractivity contribution in [2.24, 2.45) is 4.99 Å². The summed E-state index contributed by atoms with van der Waals surface area (Å²) in [4.78, 5) is 33.9. The summed E-state index contributed by atoms with van der Waals surface area (Å²) < 4.78 is 21.3. The molecule has 0 fully saturated rings. The van der Waals surface area contributed by atoms with Crippen LogP contribution in [0.1, 0.15) is 34.5 Å². The summed E-state index contributed by atoms with van der Waals surface area (Å²) in [5, 5.41) is 1.94. The van der Waals surface area contributed by atoms with Crippen LogP contribution in [0.4, 0.5) is 0 Å². The third-order valence-corrected chi connectivity index (χ3v) is 10.3. The fourth-order valence-corrected chi connectivity index (χ4v) is 7.88. The summed E-state index contributed by atoms with van der Waals surface area (Å²) >= 11 is 8.45. The Labute approximate surface area is 289 Å². The molecule has 1 aliphatic heterocycles. The molecular weight excluding hydrogens is 787 g/mol. The number of carbonyl (C=O) groups is 1. The number of rotatable bonds is 9. The lowest BCUT2D eigenvalue weighted by molar-refractivity contribution is -0.138. The van der Waals surface area contributed by atoms with Gasteiger partial charge in [0.15, 0.2) is 16.3 Å². The number of thiazole rings is 1. The monoisotopic (exact) mass is 812 g/mol. The average Bonchev–Trinajstić information content (AvgIpc) is 3.69. The quantitative estimate of drug-likeness (QED) is 0.119. The highest BCUT2D eigenvalue weighted by molar-refractivity contribution is 14.1. The van der Waals surface area contributed by atoms with Crippen molar-refractivity contribution in [3.05, 3.63) is 139 Å². The molecule has 3 aromatic carbocycles. The van der Waals surface area contributed by atoms with Crippen molar-refractivity contribution in [3.8, 4) is 11.5 Å². The van der Waals surface area contributed by atoms with Gasteiger partial charge in [-0.3, -0.25) is 9.36 Å². The zero-order valence-corrected chi connectivity index (χ0v) is 29.5. The van der Waals surface area contributed by atoms with Gasteiger partial charge in [-0.1, -0.05) is 75.8 Å². The second-order valence-electron chi connectivity index (χ2n) is 9.90. The van der Waals surface area contributed by atoms with Gasteiger partial charge in [0.1, 0.15) is 12.6 Å². The summed E-state index contributed by atoms with van der Waals surface area (Å²) in [6.45, 7) is 2.35. The van der Waals surface area contributed by atoms with Crippen LogP contribution in [0.25, 0.3) is 11.8 Å². The first kappa shape index (κ1) is 31.5. The van der Waals surface area contributed by atoms with Crippen LogP contribution in [0.5, 0.6) is 11.5 Å². The number of esters is 1. The van der Waals surface area contributed by atoms with Gasteiger partial charge in [-0.2, -0.15) is 0 Å². The number of benzene rings is 3. The normalized spacial score (nSPS) is 14.6. The molecular formula is C34H26BrIN2O5S2. The first-order chi connectivity index (χ1) is 21.9. The van der Waals surface area contributed by atoms with E-state index in [1.54, 1.807) is 18.6 Å². The Morgan fingerprint density at radius 1 is 1.09 bits per heavy atom. The summed E-state index contributed by atoms with van der Waals surface area (Å²) in [7, 11) is 1.60. The molecule has 2 aromatic heterocycles. The van der Waals surface area contributed by atoms with E-state index in [-0.39, 0.29) is 12.2 Å². The van der Waals surface area contributed by atoms with Gasteiger partial charge in [0.05, 0.1) is 33.1 Å². The summed E-state index contributed by atoms with van der Waals surface area (Å²) in [6, 6.07) is 24.4. The highest BCUT2D eigenvalue weighted by atomic mass is 127. The average molecular weight is 814 g/mol. The maximum absolute atomic E-state index is 14.1. The van der Waals surface area contributed by atoms with E-state index >= 15 is 0 Å². The van der Waals surface area contributed by atoms with E-state index in [1.165, 1.54) is 22.7 Å².